The number of carbonyl (C=O) groups is 1. The van der Waals surface area contributed by atoms with Crippen LogP contribution in [0.2, 0.25) is 0 Å². The first kappa shape index (κ1) is 15.2. The Morgan fingerprint density at radius 1 is 1.21 bits per heavy atom. The summed E-state index contributed by atoms with van der Waals surface area (Å²) in [5, 5.41) is 0. The van der Waals surface area contributed by atoms with Gasteiger partial charge in [0, 0.05) is 0 Å². The van der Waals surface area contributed by atoms with Crippen molar-refractivity contribution in [1.29, 1.82) is 0 Å². The van der Waals surface area contributed by atoms with Crippen molar-refractivity contribution >= 4 is 59.3 Å². The Balaban J connectivity index is 2.24. The SMILES string of the molecule is CC1=C(I)C(=O)OI1OS(=O)(=O)c1ccc(C)cc1. The van der Waals surface area contributed by atoms with E-state index in [-0.39, 0.29) is 4.90 Å². The molecule has 0 saturated carbocycles. The Morgan fingerprint density at radius 3 is 2.26 bits per heavy atom. The van der Waals surface area contributed by atoms with Crippen LogP contribution in [0.3, 0.4) is 0 Å². The van der Waals surface area contributed by atoms with E-state index in [0.29, 0.717) is 7.16 Å². The van der Waals surface area contributed by atoms with E-state index in [4.69, 9.17) is 5.58 Å². The van der Waals surface area contributed by atoms with Gasteiger partial charge in [0.25, 0.3) is 0 Å². The molecule has 0 aromatic heterocycles. The Kier molecular flexibility index (Phi) is 4.52. The summed E-state index contributed by atoms with van der Waals surface area (Å²) >= 11 is -1.01. The molecule has 104 valence electrons. The van der Waals surface area contributed by atoms with Gasteiger partial charge in [-0.05, 0) is 0 Å². The molecule has 0 aliphatic carbocycles. The Morgan fingerprint density at radius 2 is 1.79 bits per heavy atom. The number of rotatable bonds is 3. The van der Waals surface area contributed by atoms with Gasteiger partial charge in [0.1, 0.15) is 0 Å². The second kappa shape index (κ2) is 5.66. The van der Waals surface area contributed by atoms with E-state index >= 15 is 0 Å². The van der Waals surface area contributed by atoms with E-state index in [1.165, 1.54) is 12.1 Å². The van der Waals surface area contributed by atoms with Crippen molar-refractivity contribution in [2.75, 3.05) is 0 Å². The summed E-state index contributed by atoms with van der Waals surface area (Å²) < 4.78 is 35.3. The molecule has 0 spiro atoms. The van der Waals surface area contributed by atoms with Crippen LogP contribution < -0.4 is 0 Å². The van der Waals surface area contributed by atoms with Crippen LogP contribution in [-0.2, 0) is 20.5 Å². The zero-order chi connectivity index (χ0) is 14.2. The first-order valence-corrected chi connectivity index (χ1v) is 10.4. The van der Waals surface area contributed by atoms with E-state index in [9.17, 15) is 13.2 Å². The molecule has 0 unspecified atom stereocenters. The molecule has 0 N–H and O–H groups in total. The van der Waals surface area contributed by atoms with E-state index in [1.54, 1.807) is 19.1 Å². The molecular formula is C11H10I2O5S. The molecular weight excluding hydrogens is 498 g/mol. The van der Waals surface area contributed by atoms with Crippen LogP contribution in [0.25, 0.3) is 0 Å². The third-order valence-corrected chi connectivity index (χ3v) is 10.8. The summed E-state index contributed by atoms with van der Waals surface area (Å²) in [6, 6.07) is 6.32. The van der Waals surface area contributed by atoms with Gasteiger partial charge in [-0.1, -0.05) is 0 Å². The van der Waals surface area contributed by atoms with Crippen LogP contribution in [0.1, 0.15) is 12.5 Å². The van der Waals surface area contributed by atoms with Gasteiger partial charge in [0.2, 0.25) is 0 Å². The number of halogens is 2. The van der Waals surface area contributed by atoms with E-state index in [0.717, 1.165) is 5.56 Å². The van der Waals surface area contributed by atoms with Crippen molar-refractivity contribution < 1.29 is 18.8 Å². The van der Waals surface area contributed by atoms with Crippen LogP contribution in [0.4, 0.5) is 0 Å². The van der Waals surface area contributed by atoms with Crippen molar-refractivity contribution in [3.63, 3.8) is 0 Å². The fourth-order valence-electron chi connectivity index (χ4n) is 1.24. The number of allylic oxidation sites excluding steroid dienone is 1. The van der Waals surface area contributed by atoms with Crippen LogP contribution in [0.15, 0.2) is 36.3 Å². The van der Waals surface area contributed by atoms with Gasteiger partial charge < -0.3 is 0 Å². The first-order valence-electron chi connectivity index (χ1n) is 5.12. The van der Waals surface area contributed by atoms with Crippen molar-refractivity contribution in [1.82, 2.24) is 0 Å². The van der Waals surface area contributed by atoms with Crippen LogP contribution in [0, 0.1) is 6.92 Å². The second-order valence-electron chi connectivity index (χ2n) is 3.76. The normalized spacial score (nSPS) is 17.8. The molecule has 19 heavy (non-hydrogen) atoms. The number of hydrogen-bond acceptors (Lipinski definition) is 5. The van der Waals surface area contributed by atoms with Crippen molar-refractivity contribution in [2.45, 2.75) is 18.7 Å². The molecule has 0 amide bonds. The standard InChI is InChI=1S/C11H10I2O5S/c1-7-3-5-9(6-4-7)19(15,16)18-13-8(2)10(12)11(14)17-13/h3-6H,1-2H3. The summed E-state index contributed by atoms with van der Waals surface area (Å²) in [4.78, 5) is 11.4. The Hall–Kier alpha value is -0.200. The van der Waals surface area contributed by atoms with Crippen LogP contribution >= 0.6 is 43.2 Å². The van der Waals surface area contributed by atoms with Gasteiger partial charge in [-0.3, -0.25) is 0 Å². The van der Waals surface area contributed by atoms with Gasteiger partial charge >= 0.3 is 134 Å². The fraction of sp³-hybridized carbons (Fsp3) is 0.182. The zero-order valence-electron chi connectivity index (χ0n) is 10.0. The van der Waals surface area contributed by atoms with Gasteiger partial charge in [-0.15, -0.1) is 0 Å². The summed E-state index contributed by atoms with van der Waals surface area (Å²) in [7, 11) is -3.89. The van der Waals surface area contributed by atoms with Gasteiger partial charge in [-0.25, -0.2) is 0 Å². The number of hydrogen-bond donors (Lipinski definition) is 0. The summed E-state index contributed by atoms with van der Waals surface area (Å²) in [6.07, 6.45) is 0. The van der Waals surface area contributed by atoms with E-state index in [2.05, 4.69) is 0 Å². The van der Waals surface area contributed by atoms with Gasteiger partial charge in [0.15, 0.2) is 0 Å². The average Bonchev–Trinajstić information content (AvgIpc) is 2.57. The summed E-state index contributed by atoms with van der Waals surface area (Å²) in [6.45, 7) is 3.53. The van der Waals surface area contributed by atoms with Crippen LogP contribution in [0.5, 0.6) is 0 Å². The van der Waals surface area contributed by atoms with E-state index < -0.39 is 36.7 Å². The molecule has 0 saturated heterocycles. The zero-order valence-corrected chi connectivity index (χ0v) is 15.1. The predicted molar refractivity (Wildman–Crippen MR) is 86.3 cm³/mol. The molecule has 0 radical (unpaired) electrons. The maximum atomic E-state index is 12.1. The van der Waals surface area contributed by atoms with Crippen molar-refractivity contribution in [2.24, 2.45) is 0 Å². The monoisotopic (exact) mass is 508 g/mol. The third kappa shape index (κ3) is 3.28. The molecule has 0 bridgehead atoms. The molecule has 5 nitrogen and oxygen atoms in total. The average molecular weight is 508 g/mol. The molecule has 1 aliphatic heterocycles. The number of carbonyl (C=O) groups excluding carboxylic acids is 1. The Labute approximate surface area is 133 Å². The van der Waals surface area contributed by atoms with Crippen molar-refractivity contribution in [3.8, 4) is 0 Å². The van der Waals surface area contributed by atoms with Crippen LogP contribution in [-0.4, -0.2) is 14.4 Å². The molecule has 1 heterocycles. The number of aryl methyl sites for hydroxylation is 1. The second-order valence-corrected chi connectivity index (χ2v) is 10.7. The quantitative estimate of drug-likeness (QED) is 0.587. The molecule has 1 aliphatic rings. The molecule has 0 atom stereocenters. The minimum atomic E-state index is -3.89. The number of benzene rings is 1. The van der Waals surface area contributed by atoms with Gasteiger partial charge in [0.05, 0.1) is 0 Å². The maximum absolute atomic E-state index is 12.1. The molecule has 1 aromatic carbocycles. The van der Waals surface area contributed by atoms with Crippen molar-refractivity contribution in [3.05, 3.63) is 37.0 Å². The molecule has 0 fully saturated rings. The summed E-state index contributed by atoms with van der Waals surface area (Å²) in [5.74, 6) is -0.498. The summed E-state index contributed by atoms with van der Waals surface area (Å²) in [5.41, 5.74) is 0.954. The first-order chi connectivity index (χ1) is 8.81. The fourth-order valence-corrected chi connectivity index (χ4v) is 8.16. The van der Waals surface area contributed by atoms with Gasteiger partial charge in [-0.2, -0.15) is 0 Å². The molecule has 8 heteroatoms. The molecule has 1 aromatic rings. The third-order valence-electron chi connectivity index (χ3n) is 2.30. The van der Waals surface area contributed by atoms with E-state index in [1.807, 2.05) is 29.5 Å². The molecule has 2 rings (SSSR count). The topological polar surface area (TPSA) is 69.7 Å². The predicted octanol–water partition coefficient (Wildman–Crippen LogP) is 3.26. The Bertz CT molecular complexity index is 648. The minimum absolute atomic E-state index is 0.0705.